The summed E-state index contributed by atoms with van der Waals surface area (Å²) in [4.78, 5) is 12.6. The fourth-order valence-electron chi connectivity index (χ4n) is 1.85. The number of aromatic nitrogens is 4. The fraction of sp³-hybridized carbons (Fsp3) is 0.143. The van der Waals surface area contributed by atoms with Crippen molar-refractivity contribution in [3.05, 3.63) is 50.9 Å². The van der Waals surface area contributed by atoms with Crippen molar-refractivity contribution < 1.29 is 14.3 Å². The maximum atomic E-state index is 12.2. The van der Waals surface area contributed by atoms with Crippen LogP contribution in [0.2, 0.25) is 10.0 Å². The zero-order chi connectivity index (χ0) is 16.9. The van der Waals surface area contributed by atoms with Crippen molar-refractivity contribution in [1.29, 1.82) is 0 Å². The summed E-state index contributed by atoms with van der Waals surface area (Å²) in [6.07, 6.45) is 1.41. The van der Waals surface area contributed by atoms with Crippen molar-refractivity contribution in [3.63, 3.8) is 0 Å². The molecule has 0 unspecified atom stereocenters. The number of halogens is 2. The lowest BCUT2D eigenvalue weighted by molar-refractivity contribution is 0.0456. The predicted octanol–water partition coefficient (Wildman–Crippen LogP) is 3.27. The van der Waals surface area contributed by atoms with E-state index in [1.54, 1.807) is 29.6 Å². The molecule has 0 saturated heterocycles. The van der Waals surface area contributed by atoms with Gasteiger partial charge >= 0.3 is 5.97 Å². The smallest absolute Gasteiger partial charge is 0.350 e. The third-order valence-corrected chi connectivity index (χ3v) is 4.31. The Morgan fingerprint density at radius 3 is 2.88 bits per heavy atom. The van der Waals surface area contributed by atoms with Gasteiger partial charge in [0.25, 0.3) is 0 Å². The molecular formula is C14H10Cl2N4O3S. The molecule has 0 bridgehead atoms. The van der Waals surface area contributed by atoms with E-state index in [9.17, 15) is 4.79 Å². The van der Waals surface area contributed by atoms with E-state index in [-0.39, 0.29) is 13.2 Å². The molecule has 2 heterocycles. The van der Waals surface area contributed by atoms with Gasteiger partial charge < -0.3 is 9.47 Å². The van der Waals surface area contributed by atoms with Crippen LogP contribution in [0.15, 0.2) is 36.0 Å². The second kappa shape index (κ2) is 7.61. The number of rotatable bonds is 6. The molecule has 24 heavy (non-hydrogen) atoms. The summed E-state index contributed by atoms with van der Waals surface area (Å²) in [6, 6.07) is 6.64. The van der Waals surface area contributed by atoms with Crippen molar-refractivity contribution in [1.82, 2.24) is 20.2 Å². The Labute approximate surface area is 150 Å². The summed E-state index contributed by atoms with van der Waals surface area (Å²) >= 11 is 13.0. The molecule has 10 heteroatoms. The molecule has 0 radical (unpaired) electrons. The minimum absolute atomic E-state index is 0.0741. The average molecular weight is 385 g/mol. The van der Waals surface area contributed by atoms with Gasteiger partial charge in [-0.2, -0.15) is 4.68 Å². The van der Waals surface area contributed by atoms with Gasteiger partial charge in [-0.05, 0) is 40.1 Å². The molecule has 0 saturated carbocycles. The van der Waals surface area contributed by atoms with Crippen LogP contribution in [-0.4, -0.2) is 39.4 Å². The largest absolute Gasteiger partial charge is 0.488 e. The van der Waals surface area contributed by atoms with Crippen LogP contribution in [0, 0.1) is 0 Å². The molecular weight excluding hydrogens is 375 g/mol. The number of ether oxygens (including phenoxy) is 2. The third-order valence-electron chi connectivity index (χ3n) is 2.89. The van der Waals surface area contributed by atoms with Crippen LogP contribution in [0.5, 0.6) is 5.75 Å². The van der Waals surface area contributed by atoms with Crippen LogP contribution in [0.25, 0.3) is 5.69 Å². The Hall–Kier alpha value is -2.16. The molecule has 7 nitrogen and oxygen atoms in total. The van der Waals surface area contributed by atoms with E-state index in [1.807, 2.05) is 0 Å². The van der Waals surface area contributed by atoms with Gasteiger partial charge in [0, 0.05) is 5.02 Å². The van der Waals surface area contributed by atoms with Crippen molar-refractivity contribution in [2.45, 2.75) is 0 Å². The highest BCUT2D eigenvalue weighted by Crippen LogP contribution is 2.27. The second-order valence-electron chi connectivity index (χ2n) is 4.45. The molecule has 0 atom stereocenters. The molecule has 0 N–H and O–H groups in total. The minimum Gasteiger partial charge on any atom is -0.488 e. The van der Waals surface area contributed by atoms with E-state index in [2.05, 4.69) is 15.5 Å². The highest BCUT2D eigenvalue weighted by Gasteiger charge is 2.17. The van der Waals surface area contributed by atoms with Crippen LogP contribution in [0.1, 0.15) is 9.67 Å². The van der Waals surface area contributed by atoms with Crippen molar-refractivity contribution in [2.75, 3.05) is 13.2 Å². The molecule has 0 aliphatic heterocycles. The number of tetrazole rings is 1. The normalized spacial score (nSPS) is 10.6. The van der Waals surface area contributed by atoms with E-state index < -0.39 is 5.97 Å². The van der Waals surface area contributed by atoms with Gasteiger partial charge in [0.1, 0.15) is 30.2 Å². The molecule has 1 aromatic carbocycles. The summed E-state index contributed by atoms with van der Waals surface area (Å²) in [6.45, 7) is 0.240. The predicted molar refractivity (Wildman–Crippen MR) is 89.3 cm³/mol. The number of carbonyl (C=O) groups is 1. The van der Waals surface area contributed by atoms with Gasteiger partial charge in [0.15, 0.2) is 0 Å². The number of nitrogens with zero attached hydrogens (tertiary/aromatic N) is 4. The number of carbonyl (C=O) groups excluding carboxylic acids is 1. The Morgan fingerprint density at radius 2 is 2.12 bits per heavy atom. The van der Waals surface area contributed by atoms with Crippen LogP contribution in [0.4, 0.5) is 0 Å². The quantitative estimate of drug-likeness (QED) is 0.479. The van der Waals surface area contributed by atoms with E-state index in [4.69, 9.17) is 32.7 Å². The first-order valence-corrected chi connectivity index (χ1v) is 8.34. The Balaban J connectivity index is 1.54. The molecule has 0 spiro atoms. The summed E-state index contributed by atoms with van der Waals surface area (Å²) in [5.41, 5.74) is 0.566. The first kappa shape index (κ1) is 16.7. The summed E-state index contributed by atoms with van der Waals surface area (Å²) in [7, 11) is 0. The van der Waals surface area contributed by atoms with Gasteiger partial charge in [0.2, 0.25) is 0 Å². The van der Waals surface area contributed by atoms with Crippen molar-refractivity contribution in [3.8, 4) is 11.4 Å². The lowest BCUT2D eigenvalue weighted by atomic mass is 10.3. The van der Waals surface area contributed by atoms with E-state index >= 15 is 0 Å². The number of benzene rings is 1. The van der Waals surface area contributed by atoms with Gasteiger partial charge in [-0.1, -0.05) is 23.2 Å². The molecule has 0 amide bonds. The number of hydrogen-bond acceptors (Lipinski definition) is 7. The summed E-state index contributed by atoms with van der Waals surface area (Å²) in [5.74, 6) is 0.00363. The Morgan fingerprint density at radius 1 is 1.25 bits per heavy atom. The zero-order valence-electron chi connectivity index (χ0n) is 12.1. The zero-order valence-corrected chi connectivity index (χ0v) is 14.4. The second-order valence-corrected chi connectivity index (χ2v) is 6.21. The first-order chi connectivity index (χ1) is 11.6. The number of hydrogen-bond donors (Lipinski definition) is 0. The molecule has 3 rings (SSSR count). The monoisotopic (exact) mass is 384 g/mol. The van der Waals surface area contributed by atoms with E-state index in [0.717, 1.165) is 0 Å². The van der Waals surface area contributed by atoms with E-state index in [0.29, 0.717) is 26.4 Å². The molecule has 2 aromatic heterocycles. The molecule has 0 fully saturated rings. The van der Waals surface area contributed by atoms with Gasteiger partial charge in [0.05, 0.1) is 10.7 Å². The summed E-state index contributed by atoms with van der Waals surface area (Å²) in [5, 5.41) is 13.5. The van der Waals surface area contributed by atoms with Crippen LogP contribution in [0.3, 0.4) is 0 Å². The molecule has 0 aliphatic rings. The Bertz CT molecular complexity index is 838. The van der Waals surface area contributed by atoms with Gasteiger partial charge in [-0.25, -0.2) is 4.79 Å². The molecule has 0 aliphatic carbocycles. The lowest BCUT2D eigenvalue weighted by Crippen LogP contribution is -2.13. The van der Waals surface area contributed by atoms with Crippen molar-refractivity contribution >= 4 is 40.5 Å². The average Bonchev–Trinajstić information content (AvgIpc) is 3.23. The van der Waals surface area contributed by atoms with Gasteiger partial charge in [-0.3, -0.25) is 0 Å². The van der Waals surface area contributed by atoms with Gasteiger partial charge in [-0.15, -0.1) is 16.4 Å². The molecule has 124 valence electrons. The van der Waals surface area contributed by atoms with Crippen LogP contribution in [-0.2, 0) is 4.74 Å². The van der Waals surface area contributed by atoms with Crippen LogP contribution >= 0.6 is 34.5 Å². The SMILES string of the molecule is O=C(OCCOc1ccc(Cl)cc1Cl)c1sccc1-n1cnnn1. The van der Waals surface area contributed by atoms with Crippen molar-refractivity contribution in [2.24, 2.45) is 0 Å². The maximum Gasteiger partial charge on any atom is 0.350 e. The highest BCUT2D eigenvalue weighted by atomic mass is 35.5. The highest BCUT2D eigenvalue weighted by molar-refractivity contribution is 7.12. The number of thiophene rings is 1. The standard InChI is InChI=1S/C14H10Cl2N4O3S/c15-9-1-2-12(10(16)7-9)22-4-5-23-14(21)13-11(3-6-24-13)20-8-17-18-19-20/h1-3,6-8H,4-5H2. The minimum atomic E-state index is -0.471. The van der Waals surface area contributed by atoms with Crippen LogP contribution < -0.4 is 4.74 Å². The lowest BCUT2D eigenvalue weighted by Gasteiger charge is -2.09. The topological polar surface area (TPSA) is 79.1 Å². The fourth-order valence-corrected chi connectivity index (χ4v) is 3.08. The summed E-state index contributed by atoms with van der Waals surface area (Å²) < 4.78 is 12.1. The first-order valence-electron chi connectivity index (χ1n) is 6.71. The third kappa shape index (κ3) is 3.84. The van der Waals surface area contributed by atoms with E-state index in [1.165, 1.54) is 22.3 Å². The molecule has 3 aromatic rings. The maximum absolute atomic E-state index is 12.2. The number of esters is 1. The Kier molecular flexibility index (Phi) is 5.29.